The lowest BCUT2D eigenvalue weighted by Gasteiger charge is -2.21. The molecule has 3 unspecified atom stereocenters. The number of hydrogen-bond acceptors (Lipinski definition) is 2. The molecule has 4 N–H and O–H groups in total. The van der Waals surface area contributed by atoms with Crippen LogP contribution in [0.1, 0.15) is 200 Å². The molecule has 4 aromatic rings. The Hall–Kier alpha value is -3.52. The fraction of sp³-hybridized carbons (Fsp3) is 0.529. The normalized spacial score (nSPS) is 13.2. The minimum Gasteiger partial charge on any atom is -0.399 e. The molecule has 0 fully saturated rings. The Morgan fingerprint density at radius 2 is 0.642 bits per heavy atom. The van der Waals surface area contributed by atoms with Crippen LogP contribution in [-0.4, -0.2) is 0 Å². The molecule has 0 aliphatic rings. The van der Waals surface area contributed by atoms with Crippen LogP contribution in [-0.2, 0) is 6.42 Å². The summed E-state index contributed by atoms with van der Waals surface area (Å²) in [4.78, 5) is 0. The lowest BCUT2D eigenvalue weighted by atomic mass is 9.84. The van der Waals surface area contributed by atoms with Gasteiger partial charge in [-0.1, -0.05) is 209 Å². The number of anilines is 2. The van der Waals surface area contributed by atoms with E-state index in [1.54, 1.807) is 0 Å². The van der Waals surface area contributed by atoms with Crippen molar-refractivity contribution >= 4 is 11.4 Å². The SMILES string of the molecule is CCCCCCCCCCCC(c1ccc(N)cc1)c1ccc(CC(C)c2ccc(C(CCCCCCCCCCC)c3ccc(N)cc3)cc2)cc1. The van der Waals surface area contributed by atoms with Crippen LogP contribution in [0.2, 0.25) is 0 Å². The molecule has 0 bridgehead atoms. The summed E-state index contributed by atoms with van der Waals surface area (Å²) in [5.41, 5.74) is 22.3. The Labute approximate surface area is 325 Å². The largest absolute Gasteiger partial charge is 0.399 e. The second-order valence-corrected chi connectivity index (χ2v) is 16.2. The van der Waals surface area contributed by atoms with Gasteiger partial charge in [0.25, 0.3) is 0 Å². The van der Waals surface area contributed by atoms with E-state index in [-0.39, 0.29) is 0 Å². The molecule has 288 valence electrons. The molecule has 53 heavy (non-hydrogen) atoms. The van der Waals surface area contributed by atoms with Crippen molar-refractivity contribution in [3.8, 4) is 0 Å². The summed E-state index contributed by atoms with van der Waals surface area (Å²) in [5.74, 6) is 1.29. The number of nitrogens with two attached hydrogens (primary N) is 2. The molecule has 0 heterocycles. The Balaban J connectivity index is 1.32. The summed E-state index contributed by atoms with van der Waals surface area (Å²) in [6.07, 6.45) is 28.0. The molecular formula is C51H74N2. The molecule has 0 radical (unpaired) electrons. The fourth-order valence-corrected chi connectivity index (χ4v) is 8.24. The van der Waals surface area contributed by atoms with Gasteiger partial charge in [0.05, 0.1) is 0 Å². The zero-order valence-electron chi connectivity index (χ0n) is 34.0. The highest BCUT2D eigenvalue weighted by Gasteiger charge is 2.17. The second kappa shape index (κ2) is 24.7. The van der Waals surface area contributed by atoms with Gasteiger partial charge in [0.2, 0.25) is 0 Å². The van der Waals surface area contributed by atoms with E-state index in [1.807, 2.05) is 0 Å². The van der Waals surface area contributed by atoms with Crippen LogP contribution in [0.3, 0.4) is 0 Å². The van der Waals surface area contributed by atoms with Gasteiger partial charge in [0.1, 0.15) is 0 Å². The summed E-state index contributed by atoms with van der Waals surface area (Å²) in [6.45, 7) is 6.97. The van der Waals surface area contributed by atoms with Crippen LogP contribution in [0.15, 0.2) is 97.1 Å². The first kappa shape index (κ1) is 42.2. The van der Waals surface area contributed by atoms with E-state index in [1.165, 1.54) is 162 Å². The summed E-state index contributed by atoms with van der Waals surface area (Å²) >= 11 is 0. The van der Waals surface area contributed by atoms with Gasteiger partial charge in [-0.25, -0.2) is 0 Å². The topological polar surface area (TPSA) is 52.0 Å². The van der Waals surface area contributed by atoms with E-state index in [0.717, 1.165) is 17.8 Å². The fourth-order valence-electron chi connectivity index (χ4n) is 8.24. The van der Waals surface area contributed by atoms with Crippen molar-refractivity contribution in [3.63, 3.8) is 0 Å². The molecule has 0 amide bonds. The maximum Gasteiger partial charge on any atom is 0.0314 e. The highest BCUT2D eigenvalue weighted by Crippen LogP contribution is 2.34. The third kappa shape index (κ3) is 15.4. The molecular weight excluding hydrogens is 641 g/mol. The summed E-state index contributed by atoms with van der Waals surface area (Å²) < 4.78 is 0. The highest BCUT2D eigenvalue weighted by molar-refractivity contribution is 5.44. The average molecular weight is 715 g/mol. The predicted octanol–water partition coefficient (Wildman–Crippen LogP) is 15.3. The molecule has 0 saturated carbocycles. The highest BCUT2D eigenvalue weighted by atomic mass is 14.5. The van der Waals surface area contributed by atoms with E-state index in [4.69, 9.17) is 11.5 Å². The van der Waals surface area contributed by atoms with E-state index < -0.39 is 0 Å². The number of hydrogen-bond donors (Lipinski definition) is 2. The van der Waals surface area contributed by atoms with Gasteiger partial charge in [0.15, 0.2) is 0 Å². The first-order chi connectivity index (χ1) is 26.0. The van der Waals surface area contributed by atoms with Gasteiger partial charge >= 0.3 is 0 Å². The lowest BCUT2D eigenvalue weighted by Crippen LogP contribution is -2.04. The van der Waals surface area contributed by atoms with Crippen molar-refractivity contribution in [2.75, 3.05) is 11.5 Å². The Morgan fingerprint density at radius 3 is 1.00 bits per heavy atom. The van der Waals surface area contributed by atoms with Crippen LogP contribution in [0.25, 0.3) is 0 Å². The van der Waals surface area contributed by atoms with E-state index in [2.05, 4.69) is 118 Å². The van der Waals surface area contributed by atoms with Crippen molar-refractivity contribution in [2.24, 2.45) is 0 Å². The van der Waals surface area contributed by atoms with Gasteiger partial charge in [-0.3, -0.25) is 0 Å². The molecule has 0 saturated heterocycles. The minimum absolute atomic E-state index is 0.418. The summed E-state index contributed by atoms with van der Waals surface area (Å²) in [7, 11) is 0. The van der Waals surface area contributed by atoms with Gasteiger partial charge in [0, 0.05) is 23.2 Å². The molecule has 0 aliphatic carbocycles. The van der Waals surface area contributed by atoms with Crippen LogP contribution in [0, 0.1) is 0 Å². The number of nitrogen functional groups attached to an aromatic ring is 2. The summed E-state index contributed by atoms with van der Waals surface area (Å²) in [5, 5.41) is 0. The Morgan fingerprint density at radius 1 is 0.358 bits per heavy atom. The molecule has 2 heteroatoms. The molecule has 2 nitrogen and oxygen atoms in total. The van der Waals surface area contributed by atoms with Crippen LogP contribution in [0.4, 0.5) is 11.4 Å². The number of unbranched alkanes of at least 4 members (excludes halogenated alkanes) is 16. The maximum absolute atomic E-state index is 6.08. The zero-order chi connectivity index (χ0) is 37.5. The molecule has 4 rings (SSSR count). The van der Waals surface area contributed by atoms with Gasteiger partial charge in [-0.2, -0.15) is 0 Å². The molecule has 0 aliphatic heterocycles. The van der Waals surface area contributed by atoms with Crippen molar-refractivity contribution in [1.29, 1.82) is 0 Å². The number of benzene rings is 4. The third-order valence-corrected chi connectivity index (χ3v) is 11.7. The third-order valence-electron chi connectivity index (χ3n) is 11.7. The average Bonchev–Trinajstić information content (AvgIpc) is 3.18. The quantitative estimate of drug-likeness (QED) is 0.0477. The van der Waals surface area contributed by atoms with Crippen LogP contribution in [0.5, 0.6) is 0 Å². The van der Waals surface area contributed by atoms with E-state index in [9.17, 15) is 0 Å². The van der Waals surface area contributed by atoms with Crippen LogP contribution >= 0.6 is 0 Å². The number of rotatable bonds is 27. The minimum atomic E-state index is 0.418. The van der Waals surface area contributed by atoms with Crippen LogP contribution < -0.4 is 11.5 Å². The monoisotopic (exact) mass is 715 g/mol. The van der Waals surface area contributed by atoms with Crippen molar-refractivity contribution in [3.05, 3.63) is 130 Å². The van der Waals surface area contributed by atoms with E-state index >= 15 is 0 Å². The van der Waals surface area contributed by atoms with Crippen molar-refractivity contribution < 1.29 is 0 Å². The van der Waals surface area contributed by atoms with Gasteiger partial charge in [-0.05, 0) is 82.8 Å². The Bertz CT molecular complexity index is 1490. The first-order valence-electron chi connectivity index (χ1n) is 21.9. The lowest BCUT2D eigenvalue weighted by molar-refractivity contribution is 0.545. The maximum atomic E-state index is 6.08. The second-order valence-electron chi connectivity index (χ2n) is 16.2. The van der Waals surface area contributed by atoms with Crippen molar-refractivity contribution in [2.45, 2.75) is 173 Å². The van der Waals surface area contributed by atoms with Gasteiger partial charge in [-0.15, -0.1) is 0 Å². The van der Waals surface area contributed by atoms with Gasteiger partial charge < -0.3 is 11.5 Å². The van der Waals surface area contributed by atoms with E-state index in [0.29, 0.717) is 17.8 Å². The zero-order valence-corrected chi connectivity index (χ0v) is 34.0. The smallest absolute Gasteiger partial charge is 0.0314 e. The summed E-state index contributed by atoms with van der Waals surface area (Å²) in [6, 6.07) is 36.3. The molecule has 0 spiro atoms. The first-order valence-corrected chi connectivity index (χ1v) is 21.9. The standard InChI is InChI=1S/C51H74N2/c1-4-6-8-10-12-14-16-18-20-22-50(46-32-36-48(52)37-33-46)44-26-24-42(25-27-44)40-41(3)43-28-30-45(31-29-43)51(47-34-38-49(53)39-35-47)23-21-19-17-15-13-11-9-7-5-2/h24-39,41,50-51H,4-23,40,52-53H2,1-3H3. The van der Waals surface area contributed by atoms with Crippen molar-refractivity contribution in [1.82, 2.24) is 0 Å². The molecule has 4 aromatic carbocycles. The Kier molecular flexibility index (Phi) is 19.7. The predicted molar refractivity (Wildman–Crippen MR) is 234 cm³/mol. The molecule has 0 aromatic heterocycles. The molecule has 3 atom stereocenters.